The summed E-state index contributed by atoms with van der Waals surface area (Å²) in [6, 6.07) is 35.9. The molecule has 35 heavy (non-hydrogen) atoms. The van der Waals surface area contributed by atoms with Crippen LogP contribution in [0, 0.1) is 0 Å². The highest BCUT2D eigenvalue weighted by Crippen LogP contribution is 2.42. The number of hydrogen-bond acceptors (Lipinski definition) is 3. The maximum absolute atomic E-state index is 13.0. The largest absolute Gasteiger partial charge is 0.385 e. The Bertz CT molecular complexity index is 1250. The molecule has 0 saturated carbocycles. The minimum atomic E-state index is -1.28. The van der Waals surface area contributed by atoms with Crippen molar-refractivity contribution in [3.8, 4) is 0 Å². The first kappa shape index (κ1) is 24.6. The third-order valence-corrected chi connectivity index (χ3v) is 6.74. The van der Waals surface area contributed by atoms with Gasteiger partial charge < -0.3 is 10.2 Å². The number of carbonyl (C=O) groups is 1. The fourth-order valence-corrected chi connectivity index (χ4v) is 4.88. The van der Waals surface area contributed by atoms with Crippen LogP contribution in [0.2, 0.25) is 0 Å². The van der Waals surface area contributed by atoms with Crippen molar-refractivity contribution in [1.29, 1.82) is 0 Å². The topological polar surface area (TPSA) is 57.5 Å². The fraction of sp³-hybridized carbons (Fsp3) is 0.219. The van der Waals surface area contributed by atoms with Gasteiger partial charge in [0, 0.05) is 17.5 Å². The molecule has 3 atom stereocenters. The summed E-state index contributed by atoms with van der Waals surface area (Å²) >= 11 is 0. The van der Waals surface area contributed by atoms with Gasteiger partial charge in [-0.3, -0.25) is 4.79 Å². The van der Waals surface area contributed by atoms with Gasteiger partial charge in [0.15, 0.2) is 5.78 Å². The number of carbonyl (C=O) groups excluding carboxylic acids is 1. The number of rotatable bonds is 9. The fourth-order valence-electron chi connectivity index (χ4n) is 4.88. The molecule has 178 valence electrons. The average molecular weight is 465 g/mol. The number of hydrogen-bond donors (Lipinski definition) is 2. The minimum Gasteiger partial charge on any atom is -0.385 e. The van der Waals surface area contributed by atoms with Crippen molar-refractivity contribution in [3.63, 3.8) is 0 Å². The van der Waals surface area contributed by atoms with E-state index >= 15 is 0 Å². The molecule has 0 bridgehead atoms. The van der Waals surface area contributed by atoms with Crippen molar-refractivity contribution in [2.45, 2.75) is 43.8 Å². The molecule has 3 heteroatoms. The van der Waals surface area contributed by atoms with Crippen LogP contribution in [0.1, 0.15) is 65.2 Å². The van der Waals surface area contributed by atoms with Gasteiger partial charge in [0.2, 0.25) is 0 Å². The summed E-state index contributed by atoms with van der Waals surface area (Å²) in [5, 5.41) is 23.4. The Morgan fingerprint density at radius 2 is 1.23 bits per heavy atom. The van der Waals surface area contributed by atoms with Gasteiger partial charge in [-0.25, -0.2) is 0 Å². The molecular formula is C32H32O3. The van der Waals surface area contributed by atoms with Crippen molar-refractivity contribution >= 4 is 5.78 Å². The molecule has 4 aromatic rings. The zero-order valence-electron chi connectivity index (χ0n) is 20.3. The van der Waals surface area contributed by atoms with Gasteiger partial charge in [-0.15, -0.1) is 0 Å². The molecule has 3 unspecified atom stereocenters. The van der Waals surface area contributed by atoms with Crippen LogP contribution in [0.3, 0.4) is 0 Å². The lowest BCUT2D eigenvalue weighted by Crippen LogP contribution is -2.37. The Balaban J connectivity index is 1.63. The van der Waals surface area contributed by atoms with Crippen LogP contribution in [0.25, 0.3) is 0 Å². The van der Waals surface area contributed by atoms with E-state index in [-0.39, 0.29) is 18.1 Å². The van der Waals surface area contributed by atoms with Gasteiger partial charge in [0.25, 0.3) is 0 Å². The Hall–Kier alpha value is -3.53. The third-order valence-electron chi connectivity index (χ3n) is 6.74. The van der Waals surface area contributed by atoms with Crippen molar-refractivity contribution < 1.29 is 15.0 Å². The molecule has 0 aliphatic rings. The quantitative estimate of drug-likeness (QED) is 0.275. The Morgan fingerprint density at radius 1 is 0.714 bits per heavy atom. The average Bonchev–Trinajstić information content (AvgIpc) is 2.89. The van der Waals surface area contributed by atoms with Crippen molar-refractivity contribution in [3.05, 3.63) is 143 Å². The third kappa shape index (κ3) is 5.76. The lowest BCUT2D eigenvalue weighted by atomic mass is 9.74. The first-order valence-corrected chi connectivity index (χ1v) is 12.0. The highest BCUT2D eigenvalue weighted by Gasteiger charge is 2.39. The van der Waals surface area contributed by atoms with E-state index in [1.807, 2.05) is 115 Å². The van der Waals surface area contributed by atoms with E-state index in [1.54, 1.807) is 6.92 Å². The SMILES string of the molecule is CC(CC(O)(CC(C)(O)c1ccccc1)c1ccccc1)c1cccc(C(=O)c2ccccc2)c1. The molecule has 4 rings (SSSR count). The van der Waals surface area contributed by atoms with Gasteiger partial charge in [0.05, 0.1) is 11.2 Å². The van der Waals surface area contributed by atoms with Gasteiger partial charge in [-0.05, 0) is 42.0 Å². The van der Waals surface area contributed by atoms with E-state index in [9.17, 15) is 15.0 Å². The molecule has 3 nitrogen and oxygen atoms in total. The minimum absolute atomic E-state index is 0.0232. The lowest BCUT2D eigenvalue weighted by molar-refractivity contribution is -0.0705. The van der Waals surface area contributed by atoms with E-state index in [0.717, 1.165) is 16.7 Å². The second kappa shape index (κ2) is 10.4. The molecule has 0 amide bonds. The van der Waals surface area contributed by atoms with Crippen molar-refractivity contribution in [2.24, 2.45) is 0 Å². The van der Waals surface area contributed by atoms with Crippen LogP contribution in [0.15, 0.2) is 115 Å². The molecule has 0 aliphatic carbocycles. The van der Waals surface area contributed by atoms with Crippen molar-refractivity contribution in [1.82, 2.24) is 0 Å². The summed E-state index contributed by atoms with van der Waals surface area (Å²) in [6.07, 6.45) is 0.532. The normalized spacial score (nSPS) is 15.5. The van der Waals surface area contributed by atoms with Crippen LogP contribution in [-0.2, 0) is 11.2 Å². The van der Waals surface area contributed by atoms with E-state index in [4.69, 9.17) is 0 Å². The van der Waals surface area contributed by atoms with E-state index in [1.165, 1.54) is 0 Å². The first-order valence-electron chi connectivity index (χ1n) is 12.0. The lowest BCUT2D eigenvalue weighted by Gasteiger charge is -2.38. The van der Waals surface area contributed by atoms with Crippen LogP contribution in [-0.4, -0.2) is 16.0 Å². The summed E-state index contributed by atoms with van der Waals surface area (Å²) in [6.45, 7) is 3.80. The Kier molecular flexibility index (Phi) is 7.30. The second-order valence-electron chi connectivity index (χ2n) is 9.64. The maximum Gasteiger partial charge on any atom is 0.193 e. The number of ketones is 1. The summed E-state index contributed by atoms with van der Waals surface area (Å²) in [7, 11) is 0. The monoisotopic (exact) mass is 464 g/mol. The van der Waals surface area contributed by atoms with Crippen molar-refractivity contribution in [2.75, 3.05) is 0 Å². The molecule has 0 fully saturated rings. The molecular weight excluding hydrogens is 432 g/mol. The Labute approximate surface area is 207 Å². The second-order valence-corrected chi connectivity index (χ2v) is 9.64. The number of benzene rings is 4. The van der Waals surface area contributed by atoms with Gasteiger partial charge in [0.1, 0.15) is 0 Å². The van der Waals surface area contributed by atoms with Gasteiger partial charge in [-0.1, -0.05) is 116 Å². The molecule has 0 heterocycles. The predicted octanol–water partition coefficient (Wildman–Crippen LogP) is 6.60. The maximum atomic E-state index is 13.0. The van der Waals surface area contributed by atoms with Crippen LogP contribution in [0.5, 0.6) is 0 Å². The van der Waals surface area contributed by atoms with E-state index in [2.05, 4.69) is 6.92 Å². The molecule has 0 saturated heterocycles. The Morgan fingerprint density at radius 3 is 1.83 bits per heavy atom. The molecule has 0 spiro atoms. The zero-order chi connectivity index (χ0) is 24.9. The first-order chi connectivity index (χ1) is 16.8. The molecule has 0 radical (unpaired) electrons. The van der Waals surface area contributed by atoms with Gasteiger partial charge in [-0.2, -0.15) is 0 Å². The summed E-state index contributed by atoms with van der Waals surface area (Å²) in [5.74, 6) is -0.0831. The van der Waals surface area contributed by atoms with Crippen LogP contribution < -0.4 is 0 Å². The summed E-state index contributed by atoms with van der Waals surface area (Å²) < 4.78 is 0. The summed E-state index contributed by atoms with van der Waals surface area (Å²) in [4.78, 5) is 13.0. The highest BCUT2D eigenvalue weighted by atomic mass is 16.3. The van der Waals surface area contributed by atoms with E-state index in [0.29, 0.717) is 17.5 Å². The molecule has 0 aliphatic heterocycles. The summed E-state index contributed by atoms with van der Waals surface area (Å²) in [5.41, 5.74) is 1.27. The van der Waals surface area contributed by atoms with Crippen LogP contribution >= 0.6 is 0 Å². The standard InChI is InChI=1S/C32H32O3/c1-24(26-15-12-16-27(21-26)30(33)25-13-6-3-7-14-25)22-32(35,29-19-10-5-11-20-29)23-31(2,34)28-17-8-4-9-18-28/h3-21,24,34-35H,22-23H2,1-2H3. The zero-order valence-corrected chi connectivity index (χ0v) is 20.3. The molecule has 0 aromatic heterocycles. The smallest absolute Gasteiger partial charge is 0.193 e. The molecule has 2 N–H and O–H groups in total. The molecule has 4 aromatic carbocycles. The van der Waals surface area contributed by atoms with Crippen LogP contribution in [0.4, 0.5) is 0 Å². The predicted molar refractivity (Wildman–Crippen MR) is 140 cm³/mol. The number of aliphatic hydroxyl groups is 2. The highest BCUT2D eigenvalue weighted by molar-refractivity contribution is 6.09. The van der Waals surface area contributed by atoms with E-state index < -0.39 is 11.2 Å². The van der Waals surface area contributed by atoms with Gasteiger partial charge >= 0.3 is 0 Å².